The lowest BCUT2D eigenvalue weighted by molar-refractivity contribution is 0.0530. The zero-order valence-corrected chi connectivity index (χ0v) is 11.0. The smallest absolute Gasteiger partial charge is 0.274 e. The highest BCUT2D eigenvalue weighted by atomic mass is 19.3. The second kappa shape index (κ2) is 6.27. The lowest BCUT2D eigenvalue weighted by Gasteiger charge is -2.21. The van der Waals surface area contributed by atoms with Gasteiger partial charge in [0.2, 0.25) is 0 Å². The Hall–Kier alpha value is -2.24. The summed E-state index contributed by atoms with van der Waals surface area (Å²) in [5.74, 6) is -0.501. The molecule has 20 heavy (non-hydrogen) atoms. The molecule has 0 aliphatic carbocycles. The Bertz CT molecular complexity index is 569. The Morgan fingerprint density at radius 3 is 2.60 bits per heavy atom. The lowest BCUT2D eigenvalue weighted by Crippen LogP contribution is -2.34. The van der Waals surface area contributed by atoms with Crippen LogP contribution in [0.2, 0.25) is 0 Å². The van der Waals surface area contributed by atoms with Crippen molar-refractivity contribution in [3.05, 3.63) is 53.3 Å². The van der Waals surface area contributed by atoms with Crippen LogP contribution in [0.4, 0.5) is 8.78 Å². The van der Waals surface area contributed by atoms with Gasteiger partial charge in [-0.1, -0.05) is 30.3 Å². The van der Waals surface area contributed by atoms with Crippen LogP contribution in [0.3, 0.4) is 0 Å². The number of carbonyl (C=O) groups excluding carboxylic acids is 1. The minimum Gasteiger partial charge on any atom is -0.327 e. The van der Waals surface area contributed by atoms with Crippen LogP contribution >= 0.6 is 0 Å². The molecule has 6 heteroatoms. The number of aryl methyl sites for hydroxylation is 1. The number of hydrogen-bond acceptors (Lipinski definition) is 2. The molecule has 1 amide bonds. The summed E-state index contributed by atoms with van der Waals surface area (Å²) < 4.78 is 25.3. The van der Waals surface area contributed by atoms with Crippen LogP contribution in [0.15, 0.2) is 36.4 Å². The molecule has 1 N–H and O–H groups in total. The molecule has 4 nitrogen and oxygen atoms in total. The van der Waals surface area contributed by atoms with Crippen LogP contribution in [-0.2, 0) is 6.54 Å². The fourth-order valence-electron chi connectivity index (χ4n) is 1.88. The molecule has 106 valence electrons. The first kappa shape index (κ1) is 14.2. The third kappa shape index (κ3) is 3.63. The predicted octanol–water partition coefficient (Wildman–Crippen LogP) is 2.63. The van der Waals surface area contributed by atoms with Gasteiger partial charge in [0.1, 0.15) is 5.69 Å². The third-order valence-electron chi connectivity index (χ3n) is 2.79. The maximum atomic E-state index is 12.6. The number of H-pyrrole nitrogens is 1. The molecule has 0 saturated carbocycles. The Kier molecular flexibility index (Phi) is 4.45. The molecule has 0 spiro atoms. The molecule has 0 aliphatic rings. The van der Waals surface area contributed by atoms with Gasteiger partial charge in [-0.15, -0.1) is 0 Å². The summed E-state index contributed by atoms with van der Waals surface area (Å²) in [6, 6.07) is 10.6. The number of nitrogens with one attached hydrogen (secondary N) is 1. The third-order valence-corrected chi connectivity index (χ3v) is 2.79. The van der Waals surface area contributed by atoms with Gasteiger partial charge in [-0.3, -0.25) is 9.89 Å². The Labute approximate surface area is 115 Å². The second-order valence-electron chi connectivity index (χ2n) is 4.50. The maximum Gasteiger partial charge on any atom is 0.274 e. The van der Waals surface area contributed by atoms with Crippen LogP contribution in [0.1, 0.15) is 21.7 Å². The van der Waals surface area contributed by atoms with Crippen molar-refractivity contribution in [1.29, 1.82) is 0 Å². The van der Waals surface area contributed by atoms with Gasteiger partial charge in [-0.2, -0.15) is 5.10 Å². The summed E-state index contributed by atoms with van der Waals surface area (Å²) >= 11 is 0. The summed E-state index contributed by atoms with van der Waals surface area (Å²) in [6.07, 6.45) is -2.58. The normalized spacial score (nSPS) is 10.8. The van der Waals surface area contributed by atoms with Gasteiger partial charge < -0.3 is 4.90 Å². The van der Waals surface area contributed by atoms with E-state index in [-0.39, 0.29) is 12.2 Å². The van der Waals surface area contributed by atoms with Crippen LogP contribution in [0, 0.1) is 6.92 Å². The van der Waals surface area contributed by atoms with E-state index in [0.717, 1.165) is 10.5 Å². The second-order valence-corrected chi connectivity index (χ2v) is 4.50. The first-order chi connectivity index (χ1) is 9.56. The summed E-state index contributed by atoms with van der Waals surface area (Å²) in [7, 11) is 0. The molecule has 2 rings (SSSR count). The van der Waals surface area contributed by atoms with E-state index in [1.165, 1.54) is 0 Å². The lowest BCUT2D eigenvalue weighted by atomic mass is 10.2. The first-order valence-corrected chi connectivity index (χ1v) is 6.19. The molecule has 1 aromatic heterocycles. The zero-order chi connectivity index (χ0) is 14.5. The zero-order valence-electron chi connectivity index (χ0n) is 11.0. The molecule has 0 unspecified atom stereocenters. The molecule has 2 aromatic rings. The Morgan fingerprint density at radius 1 is 1.35 bits per heavy atom. The fourth-order valence-corrected chi connectivity index (χ4v) is 1.88. The van der Waals surface area contributed by atoms with Gasteiger partial charge in [0.25, 0.3) is 12.3 Å². The average Bonchev–Trinajstić information content (AvgIpc) is 2.84. The number of carbonyl (C=O) groups is 1. The van der Waals surface area contributed by atoms with E-state index in [0.29, 0.717) is 5.69 Å². The first-order valence-electron chi connectivity index (χ1n) is 6.19. The monoisotopic (exact) mass is 279 g/mol. The van der Waals surface area contributed by atoms with Crippen molar-refractivity contribution in [2.75, 3.05) is 6.54 Å². The highest BCUT2D eigenvalue weighted by Gasteiger charge is 2.21. The Balaban J connectivity index is 2.17. The average molecular weight is 279 g/mol. The van der Waals surface area contributed by atoms with E-state index in [1.807, 2.05) is 6.07 Å². The predicted molar refractivity (Wildman–Crippen MR) is 70.5 cm³/mol. The fraction of sp³-hybridized carbons (Fsp3) is 0.286. The van der Waals surface area contributed by atoms with Gasteiger partial charge in [-0.05, 0) is 18.6 Å². The van der Waals surface area contributed by atoms with Crippen molar-refractivity contribution in [3.63, 3.8) is 0 Å². The van der Waals surface area contributed by atoms with E-state index in [9.17, 15) is 13.6 Å². The van der Waals surface area contributed by atoms with Crippen molar-refractivity contribution in [2.45, 2.75) is 19.9 Å². The molecular weight excluding hydrogens is 264 g/mol. The summed E-state index contributed by atoms with van der Waals surface area (Å²) in [5.41, 5.74) is 1.66. The number of aromatic nitrogens is 2. The van der Waals surface area contributed by atoms with Crippen LogP contribution in [0.5, 0.6) is 0 Å². The number of nitrogens with zero attached hydrogens (tertiary/aromatic N) is 2. The quantitative estimate of drug-likeness (QED) is 0.914. The van der Waals surface area contributed by atoms with Crippen molar-refractivity contribution in [2.24, 2.45) is 0 Å². The van der Waals surface area contributed by atoms with E-state index in [2.05, 4.69) is 10.2 Å². The van der Waals surface area contributed by atoms with E-state index in [1.54, 1.807) is 37.3 Å². The maximum absolute atomic E-state index is 12.6. The minimum absolute atomic E-state index is 0.135. The molecule has 0 saturated heterocycles. The number of alkyl halides is 2. The van der Waals surface area contributed by atoms with Gasteiger partial charge in [0.05, 0.1) is 6.54 Å². The molecule has 0 bridgehead atoms. The summed E-state index contributed by atoms with van der Waals surface area (Å²) in [6.45, 7) is 1.27. The van der Waals surface area contributed by atoms with Crippen molar-refractivity contribution in [1.82, 2.24) is 15.1 Å². The molecule has 0 fully saturated rings. The molecular formula is C14H15F2N3O. The SMILES string of the molecule is Cc1cc(C(=O)N(Cc2ccccc2)CC(F)F)n[nH]1. The van der Waals surface area contributed by atoms with Gasteiger partial charge in [0, 0.05) is 12.2 Å². The van der Waals surface area contributed by atoms with Crippen LogP contribution < -0.4 is 0 Å². The van der Waals surface area contributed by atoms with E-state index < -0.39 is 18.9 Å². The number of benzene rings is 1. The van der Waals surface area contributed by atoms with Crippen molar-refractivity contribution < 1.29 is 13.6 Å². The van der Waals surface area contributed by atoms with E-state index >= 15 is 0 Å². The summed E-state index contributed by atoms with van der Waals surface area (Å²) in [4.78, 5) is 13.3. The Morgan fingerprint density at radius 2 is 2.05 bits per heavy atom. The number of aromatic amines is 1. The molecule has 0 aliphatic heterocycles. The van der Waals surface area contributed by atoms with Crippen LogP contribution in [0.25, 0.3) is 0 Å². The van der Waals surface area contributed by atoms with Gasteiger partial charge in [-0.25, -0.2) is 8.78 Å². The van der Waals surface area contributed by atoms with Crippen molar-refractivity contribution in [3.8, 4) is 0 Å². The number of rotatable bonds is 5. The van der Waals surface area contributed by atoms with Gasteiger partial charge >= 0.3 is 0 Å². The van der Waals surface area contributed by atoms with Crippen LogP contribution in [-0.4, -0.2) is 34.0 Å². The number of amides is 1. The van der Waals surface area contributed by atoms with Crippen molar-refractivity contribution >= 4 is 5.91 Å². The largest absolute Gasteiger partial charge is 0.327 e. The standard InChI is InChI=1S/C14H15F2N3O/c1-10-7-12(18-17-10)14(20)19(9-13(15)16)8-11-5-3-2-4-6-11/h2-7,13H,8-9H2,1H3,(H,17,18). The molecule has 0 atom stereocenters. The molecule has 1 aromatic carbocycles. The molecule has 0 radical (unpaired) electrons. The van der Waals surface area contributed by atoms with Gasteiger partial charge in [0.15, 0.2) is 0 Å². The minimum atomic E-state index is -2.58. The highest BCUT2D eigenvalue weighted by Crippen LogP contribution is 2.11. The number of hydrogen-bond donors (Lipinski definition) is 1. The topological polar surface area (TPSA) is 49.0 Å². The highest BCUT2D eigenvalue weighted by molar-refractivity contribution is 5.92. The number of halogens is 2. The summed E-state index contributed by atoms with van der Waals surface area (Å²) in [5, 5.41) is 6.46. The molecule has 1 heterocycles. The van der Waals surface area contributed by atoms with E-state index in [4.69, 9.17) is 0 Å².